The van der Waals surface area contributed by atoms with Crippen LogP contribution in [0.15, 0.2) is 43.0 Å². The second-order valence-corrected chi connectivity index (χ2v) is 8.96. The molecule has 4 rings (SSSR count). The number of aliphatic hydroxyl groups is 2. The van der Waals surface area contributed by atoms with Crippen molar-refractivity contribution in [2.75, 3.05) is 6.61 Å². The van der Waals surface area contributed by atoms with Gasteiger partial charge in [-0.1, -0.05) is 42.5 Å². The first kappa shape index (κ1) is 23.5. The highest BCUT2D eigenvalue weighted by Gasteiger charge is 2.76. The molecule has 0 radical (unpaired) electrons. The molecule has 0 saturated carbocycles. The zero-order valence-electron chi connectivity index (χ0n) is 16.6. The van der Waals surface area contributed by atoms with Gasteiger partial charge < -0.3 is 29.7 Å². The van der Waals surface area contributed by atoms with Gasteiger partial charge in [0.1, 0.15) is 17.3 Å². The van der Waals surface area contributed by atoms with E-state index in [4.69, 9.17) is 26.7 Å². The molecular formula is C17H18N5O9PS. The second-order valence-electron chi connectivity index (χ2n) is 7.34. The van der Waals surface area contributed by atoms with Crippen molar-refractivity contribution in [1.29, 1.82) is 0 Å². The molecule has 3 aromatic rings. The summed E-state index contributed by atoms with van der Waals surface area (Å²) in [6, 6.07) is 8.29. The number of hydrogen-bond donors (Lipinski definition) is 5. The average molecular weight is 499 g/mol. The molecule has 14 nitrogen and oxygen atoms in total. The molecule has 0 aliphatic carbocycles. The quantitative estimate of drug-likeness (QED) is 0.0973. The number of H-pyrrole nitrogens is 1. The molecule has 0 unspecified atom stereocenters. The maximum absolute atomic E-state index is 12.2. The van der Waals surface area contributed by atoms with Crippen LogP contribution < -0.4 is 0 Å². The van der Waals surface area contributed by atoms with Crippen LogP contribution in [0.1, 0.15) is 5.56 Å². The van der Waals surface area contributed by atoms with Gasteiger partial charge in [-0.25, -0.2) is 14.5 Å². The summed E-state index contributed by atoms with van der Waals surface area (Å²) in [5.41, 5.74) is -4.79. The first-order valence-electron chi connectivity index (χ1n) is 9.37. The van der Waals surface area contributed by atoms with Crippen LogP contribution in [-0.4, -0.2) is 69.0 Å². The molecule has 5 N–H and O–H groups in total. The summed E-state index contributed by atoms with van der Waals surface area (Å²) in [6.45, 7) is -0.942. The molecule has 1 aliphatic rings. The molecule has 3 heterocycles. The number of rotatable bonds is 7. The number of ether oxygens (including phenoxy) is 1. The highest BCUT2D eigenvalue weighted by molar-refractivity contribution is 7.71. The van der Waals surface area contributed by atoms with Gasteiger partial charge in [-0.15, -0.1) is 0 Å². The van der Waals surface area contributed by atoms with E-state index in [0.29, 0.717) is 5.56 Å². The molecule has 176 valence electrons. The minimum absolute atomic E-state index is 0.0712. The van der Waals surface area contributed by atoms with Crippen molar-refractivity contribution in [2.24, 2.45) is 0 Å². The number of nitrogens with zero attached hydrogens (tertiary/aromatic N) is 4. The lowest BCUT2D eigenvalue weighted by molar-refractivity contribution is -0.659. The van der Waals surface area contributed by atoms with Gasteiger partial charge in [0.25, 0.3) is 5.72 Å². The molecule has 0 spiro atoms. The van der Waals surface area contributed by atoms with Crippen LogP contribution in [0.2, 0.25) is 0 Å². The van der Waals surface area contributed by atoms with Crippen LogP contribution >= 0.6 is 20.0 Å². The molecule has 0 amide bonds. The van der Waals surface area contributed by atoms with Crippen LogP contribution in [0.5, 0.6) is 0 Å². The molecule has 1 saturated heterocycles. The number of hydrogen-bond acceptors (Lipinski definition) is 10. The van der Waals surface area contributed by atoms with Crippen LogP contribution in [0.25, 0.3) is 11.2 Å². The van der Waals surface area contributed by atoms with E-state index in [-0.39, 0.29) is 22.2 Å². The van der Waals surface area contributed by atoms with Crippen molar-refractivity contribution in [3.05, 3.63) is 63.3 Å². The van der Waals surface area contributed by atoms with Crippen molar-refractivity contribution in [3.8, 4) is 0 Å². The predicted octanol–water partition coefficient (Wildman–Crippen LogP) is 0.219. The number of aromatic amines is 1. The van der Waals surface area contributed by atoms with E-state index >= 15 is 0 Å². The molecule has 1 fully saturated rings. The minimum Gasteiger partial charge on any atom is -0.380 e. The molecule has 0 bridgehead atoms. The Kier molecular flexibility index (Phi) is 5.92. The molecule has 4 atom stereocenters. The summed E-state index contributed by atoms with van der Waals surface area (Å²) < 4.78 is 22.7. The third-order valence-corrected chi connectivity index (χ3v) is 6.18. The normalized spacial score (nSPS) is 27.8. The third-order valence-electron chi connectivity index (χ3n) is 5.40. The van der Waals surface area contributed by atoms with E-state index in [1.165, 1.54) is 6.33 Å². The number of benzene rings is 1. The van der Waals surface area contributed by atoms with Crippen molar-refractivity contribution in [2.45, 2.75) is 30.1 Å². The number of nitrogens with one attached hydrogen (secondary N) is 1. The molecule has 2 aromatic heterocycles. The number of phosphoric ester groups is 1. The van der Waals surface area contributed by atoms with Gasteiger partial charge in [0.15, 0.2) is 10.7 Å². The van der Waals surface area contributed by atoms with Gasteiger partial charge in [0, 0.05) is 6.42 Å². The molecule has 16 heteroatoms. The maximum Gasteiger partial charge on any atom is 0.469 e. The number of fused-ring (bicyclic) bond motifs is 1. The molecule has 1 aromatic carbocycles. The number of imidazole rings is 1. The highest BCUT2D eigenvalue weighted by atomic mass is 32.1. The van der Waals surface area contributed by atoms with Crippen LogP contribution in [0.3, 0.4) is 0 Å². The summed E-state index contributed by atoms with van der Waals surface area (Å²) in [5.74, 6) is 0. The summed E-state index contributed by atoms with van der Waals surface area (Å²) in [7, 11) is -5.01. The van der Waals surface area contributed by atoms with Crippen LogP contribution in [0, 0.1) is 14.8 Å². The fourth-order valence-electron chi connectivity index (χ4n) is 3.93. The van der Waals surface area contributed by atoms with E-state index in [1.807, 2.05) is 0 Å². The van der Waals surface area contributed by atoms with Gasteiger partial charge >= 0.3 is 13.5 Å². The maximum atomic E-state index is 12.2. The first-order chi connectivity index (χ1) is 15.5. The van der Waals surface area contributed by atoms with Crippen LogP contribution in [-0.2, 0) is 26.0 Å². The zero-order chi connectivity index (χ0) is 24.0. The summed E-state index contributed by atoms with van der Waals surface area (Å²) >= 11 is 5.15. The lowest BCUT2D eigenvalue weighted by atomic mass is 9.89. The second kappa shape index (κ2) is 8.30. The number of aromatic nitrogens is 4. The lowest BCUT2D eigenvalue weighted by Crippen LogP contribution is -2.63. The summed E-state index contributed by atoms with van der Waals surface area (Å²) in [5, 5.41) is 34.4. The Balaban J connectivity index is 1.95. The van der Waals surface area contributed by atoms with E-state index in [9.17, 15) is 24.9 Å². The largest absolute Gasteiger partial charge is 0.469 e. The van der Waals surface area contributed by atoms with E-state index in [2.05, 4.69) is 19.5 Å². The Morgan fingerprint density at radius 1 is 1.33 bits per heavy atom. The Bertz CT molecular complexity index is 1300. The van der Waals surface area contributed by atoms with Crippen molar-refractivity contribution in [1.82, 2.24) is 19.5 Å². The molecule has 33 heavy (non-hydrogen) atoms. The van der Waals surface area contributed by atoms with Gasteiger partial charge in [-0.2, -0.15) is 0 Å². The minimum atomic E-state index is -5.01. The van der Waals surface area contributed by atoms with Crippen LogP contribution in [0.4, 0.5) is 0 Å². The smallest absolute Gasteiger partial charge is 0.380 e. The van der Waals surface area contributed by atoms with E-state index in [0.717, 1.165) is 10.9 Å². The van der Waals surface area contributed by atoms with E-state index in [1.54, 1.807) is 30.3 Å². The third kappa shape index (κ3) is 3.88. The number of nitro groups is 1. The van der Waals surface area contributed by atoms with Crippen molar-refractivity contribution in [3.63, 3.8) is 0 Å². The molecular weight excluding hydrogens is 481 g/mol. The predicted molar refractivity (Wildman–Crippen MR) is 112 cm³/mol. The lowest BCUT2D eigenvalue weighted by Gasteiger charge is -2.36. The Morgan fingerprint density at radius 3 is 2.67 bits per heavy atom. The van der Waals surface area contributed by atoms with Crippen molar-refractivity contribution < 1.29 is 38.7 Å². The SMILES string of the molecule is O=[N+]([O-])[C@@]1(O)[C@H](O)[C@@H](COP(=O)(O)O)O[C@@]1(Cc1ccccc1)n1cnc2c(=S)nc[nH]c21. The van der Waals surface area contributed by atoms with Gasteiger partial charge in [-0.05, 0) is 5.56 Å². The average Bonchev–Trinajstić information content (AvgIpc) is 3.28. The Labute approximate surface area is 189 Å². The van der Waals surface area contributed by atoms with Gasteiger partial charge in [0.05, 0.1) is 24.2 Å². The monoisotopic (exact) mass is 499 g/mol. The fourth-order valence-corrected chi connectivity index (χ4v) is 4.47. The van der Waals surface area contributed by atoms with Crippen molar-refractivity contribution >= 4 is 31.2 Å². The Morgan fingerprint density at radius 2 is 2.03 bits per heavy atom. The standard InChI is InChI=1S/C17H18N5O9PS/c23-13-11(7-30-32(27,28)29)31-16(17(13,24)22(25)26,6-10-4-2-1-3-5-10)21-9-20-12-14(21)18-8-19-15(12)33/h1-5,8-9,11,13,23-24H,6-7H2,(H,18,19,33)(H2,27,28,29)/t11-,13-,16-,17-/m1/s1. The fraction of sp³-hybridized carbons (Fsp3) is 0.353. The first-order valence-corrected chi connectivity index (χ1v) is 11.3. The zero-order valence-corrected chi connectivity index (χ0v) is 18.3. The highest BCUT2D eigenvalue weighted by Crippen LogP contribution is 2.48. The Hall–Kier alpha value is -2.62. The van der Waals surface area contributed by atoms with Gasteiger partial charge in [-0.3, -0.25) is 19.2 Å². The number of phosphoric acid groups is 1. The number of aliphatic hydroxyl groups excluding tert-OH is 1. The topological polar surface area (TPSA) is 206 Å². The summed E-state index contributed by atoms with van der Waals surface area (Å²) in [6.07, 6.45) is -1.92. The summed E-state index contributed by atoms with van der Waals surface area (Å²) in [4.78, 5) is 40.0. The van der Waals surface area contributed by atoms with Gasteiger partial charge in [0.2, 0.25) is 0 Å². The van der Waals surface area contributed by atoms with E-state index < -0.39 is 43.0 Å². The molecule has 1 aliphatic heterocycles.